The summed E-state index contributed by atoms with van der Waals surface area (Å²) in [6.07, 6.45) is -3.25. The number of aromatic nitrogens is 1. The Hall–Kier alpha value is -1.84. The molecule has 1 fully saturated rings. The molecule has 23 heavy (non-hydrogen) atoms. The van der Waals surface area contributed by atoms with Crippen molar-refractivity contribution in [3.05, 3.63) is 11.1 Å². The van der Waals surface area contributed by atoms with Crippen molar-refractivity contribution < 1.29 is 22.8 Å². The number of urea groups is 1. The second-order valence-corrected chi connectivity index (χ2v) is 6.17. The zero-order valence-electron chi connectivity index (χ0n) is 12.7. The first kappa shape index (κ1) is 17.5. The molecule has 6 nitrogen and oxygen atoms in total. The fraction of sp³-hybridized carbons (Fsp3) is 0.615. The van der Waals surface area contributed by atoms with E-state index >= 15 is 0 Å². The van der Waals surface area contributed by atoms with Crippen LogP contribution in [0.5, 0.6) is 0 Å². The second kappa shape index (κ2) is 6.73. The molecule has 0 unspecified atom stereocenters. The zero-order valence-corrected chi connectivity index (χ0v) is 13.5. The van der Waals surface area contributed by atoms with Crippen molar-refractivity contribution in [2.75, 3.05) is 25.5 Å². The highest BCUT2D eigenvalue weighted by atomic mass is 32.1. The highest BCUT2D eigenvalue weighted by molar-refractivity contribution is 7.13. The molecular formula is C13H17F3N4O2S. The van der Waals surface area contributed by atoms with Crippen LogP contribution in [-0.2, 0) is 11.0 Å². The van der Waals surface area contributed by atoms with Gasteiger partial charge in [0.25, 0.3) is 0 Å². The molecule has 1 aromatic rings. The second-order valence-electron chi connectivity index (χ2n) is 5.31. The molecule has 1 aromatic heterocycles. The van der Waals surface area contributed by atoms with Gasteiger partial charge in [-0.2, -0.15) is 13.2 Å². The summed E-state index contributed by atoms with van der Waals surface area (Å²) in [7, 11) is 1.72. The van der Waals surface area contributed by atoms with Gasteiger partial charge in [-0.3, -0.25) is 10.1 Å². The number of nitrogens with one attached hydrogen (secondary N) is 1. The van der Waals surface area contributed by atoms with Gasteiger partial charge in [0.2, 0.25) is 5.91 Å². The Morgan fingerprint density at radius 3 is 2.48 bits per heavy atom. The van der Waals surface area contributed by atoms with Gasteiger partial charge in [0, 0.05) is 38.5 Å². The van der Waals surface area contributed by atoms with Crippen LogP contribution in [0.15, 0.2) is 5.38 Å². The van der Waals surface area contributed by atoms with E-state index in [4.69, 9.17) is 0 Å². The molecule has 1 N–H and O–H groups in total. The molecule has 0 aliphatic carbocycles. The maximum atomic E-state index is 12.5. The van der Waals surface area contributed by atoms with E-state index < -0.39 is 17.9 Å². The molecule has 10 heteroatoms. The molecule has 1 saturated heterocycles. The lowest BCUT2D eigenvalue weighted by atomic mass is 10.0. The summed E-state index contributed by atoms with van der Waals surface area (Å²) >= 11 is 0.735. The maximum absolute atomic E-state index is 12.5. The standard InChI is InChI=1S/C13H17F3N4O2S/c1-8(21)19(2)9-3-5-20(6-4-9)12(22)18-11-17-10(7-23-11)13(14,15)16/h7,9H,3-6H2,1-2H3,(H,17,18,22). The average molecular weight is 350 g/mol. The lowest BCUT2D eigenvalue weighted by molar-refractivity contribution is -0.140. The van der Waals surface area contributed by atoms with Crippen LogP contribution in [0.2, 0.25) is 0 Å². The first-order valence-electron chi connectivity index (χ1n) is 7.00. The summed E-state index contributed by atoms with van der Waals surface area (Å²) in [5.74, 6) is -0.0321. The summed E-state index contributed by atoms with van der Waals surface area (Å²) in [6, 6.07) is -0.398. The third-order valence-electron chi connectivity index (χ3n) is 3.80. The minimum Gasteiger partial charge on any atom is -0.343 e. The maximum Gasteiger partial charge on any atom is 0.434 e. The number of nitrogens with zero attached hydrogens (tertiary/aromatic N) is 3. The molecule has 2 heterocycles. The third-order valence-corrected chi connectivity index (χ3v) is 4.56. The predicted molar refractivity (Wildman–Crippen MR) is 79.2 cm³/mol. The molecule has 128 valence electrons. The Morgan fingerprint density at radius 1 is 1.39 bits per heavy atom. The van der Waals surface area contributed by atoms with Gasteiger partial charge in [-0.1, -0.05) is 0 Å². The van der Waals surface area contributed by atoms with Crippen molar-refractivity contribution >= 4 is 28.4 Å². The van der Waals surface area contributed by atoms with E-state index in [9.17, 15) is 22.8 Å². The van der Waals surface area contributed by atoms with E-state index in [1.54, 1.807) is 11.9 Å². The fourth-order valence-electron chi connectivity index (χ4n) is 2.35. The van der Waals surface area contributed by atoms with Gasteiger partial charge in [0.15, 0.2) is 10.8 Å². The Labute approximate surface area is 135 Å². The van der Waals surface area contributed by atoms with Crippen molar-refractivity contribution in [2.45, 2.75) is 32.0 Å². The molecule has 0 spiro atoms. The van der Waals surface area contributed by atoms with Gasteiger partial charge < -0.3 is 9.80 Å². The van der Waals surface area contributed by atoms with Gasteiger partial charge >= 0.3 is 12.2 Å². The number of thiazole rings is 1. The molecule has 0 atom stereocenters. The summed E-state index contributed by atoms with van der Waals surface area (Å²) in [6.45, 7) is 2.36. The minimum atomic E-state index is -4.52. The molecule has 1 aliphatic heterocycles. The highest BCUT2D eigenvalue weighted by Gasteiger charge is 2.34. The van der Waals surface area contributed by atoms with Crippen LogP contribution >= 0.6 is 11.3 Å². The van der Waals surface area contributed by atoms with Crippen LogP contribution in [-0.4, -0.2) is 52.9 Å². The lowest BCUT2D eigenvalue weighted by Crippen LogP contribution is -2.47. The number of hydrogen-bond donors (Lipinski definition) is 1. The van der Waals surface area contributed by atoms with Gasteiger partial charge in [-0.15, -0.1) is 11.3 Å². The molecule has 0 saturated carbocycles. The van der Waals surface area contributed by atoms with Crippen LogP contribution < -0.4 is 5.32 Å². The van der Waals surface area contributed by atoms with Gasteiger partial charge in [0.1, 0.15) is 0 Å². The Balaban J connectivity index is 1.88. The summed E-state index contributed by atoms with van der Waals surface area (Å²) in [4.78, 5) is 29.9. The van der Waals surface area contributed by atoms with Crippen LogP contribution in [0.4, 0.5) is 23.1 Å². The third kappa shape index (κ3) is 4.34. The topological polar surface area (TPSA) is 65.5 Å². The van der Waals surface area contributed by atoms with Gasteiger partial charge in [-0.25, -0.2) is 9.78 Å². The largest absolute Gasteiger partial charge is 0.434 e. The van der Waals surface area contributed by atoms with Crippen LogP contribution in [0.3, 0.4) is 0 Å². The number of alkyl halides is 3. The molecule has 0 radical (unpaired) electrons. The van der Waals surface area contributed by atoms with E-state index in [0.717, 1.165) is 16.7 Å². The van der Waals surface area contributed by atoms with Crippen LogP contribution in [0.1, 0.15) is 25.5 Å². The average Bonchev–Trinajstić information content (AvgIpc) is 2.95. The number of halogens is 3. The molecule has 1 aliphatic rings. The molecule has 0 bridgehead atoms. The Bertz CT molecular complexity index is 582. The van der Waals surface area contributed by atoms with Crippen molar-refractivity contribution in [1.82, 2.24) is 14.8 Å². The number of likely N-dealkylation sites (tertiary alicyclic amines) is 1. The monoisotopic (exact) mass is 350 g/mol. The smallest absolute Gasteiger partial charge is 0.343 e. The van der Waals surface area contributed by atoms with E-state index in [2.05, 4.69) is 10.3 Å². The Morgan fingerprint density at radius 2 is 2.00 bits per heavy atom. The fourth-order valence-corrected chi connectivity index (χ4v) is 3.05. The number of carbonyl (C=O) groups is 2. The molecule has 3 amide bonds. The van der Waals surface area contributed by atoms with Crippen molar-refractivity contribution in [3.63, 3.8) is 0 Å². The van der Waals surface area contributed by atoms with Gasteiger partial charge in [-0.05, 0) is 12.8 Å². The van der Waals surface area contributed by atoms with E-state index in [1.165, 1.54) is 11.8 Å². The number of amides is 3. The van der Waals surface area contributed by atoms with Crippen molar-refractivity contribution in [1.29, 1.82) is 0 Å². The Kier molecular flexibility index (Phi) is 5.12. The van der Waals surface area contributed by atoms with Crippen molar-refractivity contribution in [2.24, 2.45) is 0 Å². The summed E-state index contributed by atoms with van der Waals surface area (Å²) in [5.41, 5.74) is -1.01. The predicted octanol–water partition coefficient (Wildman–Crippen LogP) is 2.64. The number of hydrogen-bond acceptors (Lipinski definition) is 4. The van der Waals surface area contributed by atoms with Crippen molar-refractivity contribution in [3.8, 4) is 0 Å². The highest BCUT2D eigenvalue weighted by Crippen LogP contribution is 2.31. The SMILES string of the molecule is CC(=O)N(C)C1CCN(C(=O)Nc2nc(C(F)(F)F)cs2)CC1. The molecule has 0 aromatic carbocycles. The quantitative estimate of drug-likeness (QED) is 0.892. The first-order chi connectivity index (χ1) is 10.7. The number of carbonyl (C=O) groups excluding carboxylic acids is 2. The normalized spacial score (nSPS) is 16.3. The lowest BCUT2D eigenvalue weighted by Gasteiger charge is -2.36. The number of piperidine rings is 1. The minimum absolute atomic E-state index is 0.0321. The van der Waals surface area contributed by atoms with Crippen LogP contribution in [0.25, 0.3) is 0 Å². The van der Waals surface area contributed by atoms with E-state index in [0.29, 0.717) is 25.9 Å². The van der Waals surface area contributed by atoms with E-state index in [1.807, 2.05) is 0 Å². The van der Waals surface area contributed by atoms with Crippen LogP contribution in [0, 0.1) is 0 Å². The number of anilines is 1. The van der Waals surface area contributed by atoms with E-state index in [-0.39, 0.29) is 17.1 Å². The molecular weight excluding hydrogens is 333 g/mol. The number of rotatable bonds is 2. The zero-order chi connectivity index (χ0) is 17.2. The summed E-state index contributed by atoms with van der Waals surface area (Å²) in [5, 5.41) is 3.17. The molecule has 2 rings (SSSR count). The first-order valence-corrected chi connectivity index (χ1v) is 7.88. The van der Waals surface area contributed by atoms with Gasteiger partial charge in [0.05, 0.1) is 0 Å². The summed E-state index contributed by atoms with van der Waals surface area (Å²) < 4.78 is 37.4.